The van der Waals surface area contributed by atoms with Gasteiger partial charge in [0.1, 0.15) is 6.07 Å². The molecule has 0 spiro atoms. The number of carbonyl (C=O) groups excluding carboxylic acids is 1. The number of carbonyl (C=O) groups is 1. The maximum absolute atomic E-state index is 11.3. The van der Waals surface area contributed by atoms with Gasteiger partial charge in [0, 0.05) is 12.4 Å². The van der Waals surface area contributed by atoms with Crippen LogP contribution >= 0.6 is 11.6 Å². The first-order chi connectivity index (χ1) is 8.19. The molecule has 5 nitrogen and oxygen atoms in total. The van der Waals surface area contributed by atoms with E-state index >= 15 is 0 Å². The molecule has 1 aromatic heterocycles. The highest BCUT2D eigenvalue weighted by Gasteiger charge is 2.09. The van der Waals surface area contributed by atoms with Crippen molar-refractivity contribution >= 4 is 23.3 Å². The fourth-order valence-electron chi connectivity index (χ4n) is 0.989. The molecule has 0 bridgehead atoms. The first-order valence-electron chi connectivity index (χ1n) is 4.83. The Morgan fingerprint density at radius 3 is 3.12 bits per heavy atom. The van der Waals surface area contributed by atoms with Gasteiger partial charge in [0.15, 0.2) is 10.7 Å². The van der Waals surface area contributed by atoms with Crippen LogP contribution in [-0.4, -0.2) is 17.6 Å². The minimum absolute atomic E-state index is 0.133. The van der Waals surface area contributed by atoms with E-state index in [9.17, 15) is 4.79 Å². The number of aromatic nitrogens is 1. The van der Waals surface area contributed by atoms with Gasteiger partial charge in [-0.05, 0) is 19.1 Å². The molecule has 0 atom stereocenters. The fraction of sp³-hybridized carbons (Fsp3) is 0.182. The van der Waals surface area contributed by atoms with Crippen LogP contribution in [0.4, 0.5) is 5.69 Å². The van der Waals surface area contributed by atoms with E-state index in [2.05, 4.69) is 10.3 Å². The summed E-state index contributed by atoms with van der Waals surface area (Å²) < 4.78 is 4.70. The third-order valence-electron chi connectivity index (χ3n) is 1.75. The minimum Gasteiger partial charge on any atom is -0.462 e. The molecule has 88 valence electrons. The Morgan fingerprint density at radius 1 is 1.76 bits per heavy atom. The smallest absolute Gasteiger partial charge is 0.350 e. The molecule has 0 aromatic carbocycles. The summed E-state index contributed by atoms with van der Waals surface area (Å²) in [6, 6.07) is 5.09. The van der Waals surface area contributed by atoms with Crippen LogP contribution in [0.2, 0.25) is 5.15 Å². The lowest BCUT2D eigenvalue weighted by Crippen LogP contribution is -2.08. The van der Waals surface area contributed by atoms with Gasteiger partial charge in [-0.1, -0.05) is 11.6 Å². The largest absolute Gasteiger partial charge is 0.462 e. The van der Waals surface area contributed by atoms with Crippen molar-refractivity contribution in [2.24, 2.45) is 0 Å². The summed E-state index contributed by atoms with van der Waals surface area (Å²) in [6.45, 7) is 1.88. The SMILES string of the molecule is CCOC(=O)/C(C#N)=C/Nc1cccnc1Cl. The van der Waals surface area contributed by atoms with Crippen LogP contribution < -0.4 is 5.32 Å². The Bertz CT molecular complexity index is 480. The van der Waals surface area contributed by atoms with Crippen molar-refractivity contribution in [3.63, 3.8) is 0 Å². The number of ether oxygens (including phenoxy) is 1. The number of pyridine rings is 1. The summed E-state index contributed by atoms with van der Waals surface area (Å²) in [7, 11) is 0. The second kappa shape index (κ2) is 6.51. The van der Waals surface area contributed by atoms with Crippen LogP contribution in [0.3, 0.4) is 0 Å². The Labute approximate surface area is 104 Å². The summed E-state index contributed by atoms with van der Waals surface area (Å²) in [5.74, 6) is -0.678. The molecular formula is C11H10ClN3O2. The molecule has 0 radical (unpaired) electrons. The highest BCUT2D eigenvalue weighted by atomic mass is 35.5. The van der Waals surface area contributed by atoms with Gasteiger partial charge in [0.25, 0.3) is 0 Å². The lowest BCUT2D eigenvalue weighted by Gasteiger charge is -2.03. The first-order valence-corrected chi connectivity index (χ1v) is 5.21. The van der Waals surface area contributed by atoms with Crippen LogP contribution in [0.25, 0.3) is 0 Å². The maximum Gasteiger partial charge on any atom is 0.350 e. The van der Waals surface area contributed by atoms with Crippen molar-refractivity contribution in [1.82, 2.24) is 4.98 Å². The molecule has 0 aliphatic rings. The monoisotopic (exact) mass is 251 g/mol. The van der Waals surface area contributed by atoms with E-state index in [0.717, 1.165) is 0 Å². The normalized spacial score (nSPS) is 10.5. The van der Waals surface area contributed by atoms with E-state index in [1.807, 2.05) is 0 Å². The predicted molar refractivity (Wildman–Crippen MR) is 63.2 cm³/mol. The number of nitrogens with one attached hydrogen (secondary N) is 1. The van der Waals surface area contributed by atoms with Crippen LogP contribution in [0.1, 0.15) is 6.92 Å². The number of anilines is 1. The van der Waals surface area contributed by atoms with E-state index in [1.54, 1.807) is 25.1 Å². The van der Waals surface area contributed by atoms with Gasteiger partial charge in [-0.15, -0.1) is 0 Å². The van der Waals surface area contributed by atoms with Crippen molar-refractivity contribution in [3.8, 4) is 6.07 Å². The molecule has 0 amide bonds. The first kappa shape index (κ1) is 13.0. The molecular weight excluding hydrogens is 242 g/mol. The molecule has 17 heavy (non-hydrogen) atoms. The fourth-order valence-corrected chi connectivity index (χ4v) is 1.16. The number of halogens is 1. The molecule has 1 aromatic rings. The van der Waals surface area contributed by atoms with Gasteiger partial charge in [0.2, 0.25) is 0 Å². The lowest BCUT2D eigenvalue weighted by atomic mass is 10.3. The molecule has 1 N–H and O–H groups in total. The number of nitrogens with zero attached hydrogens (tertiary/aromatic N) is 2. The van der Waals surface area contributed by atoms with Crippen molar-refractivity contribution in [2.75, 3.05) is 11.9 Å². The summed E-state index contributed by atoms with van der Waals surface area (Å²) in [4.78, 5) is 15.1. The molecule has 0 saturated carbocycles. The van der Waals surface area contributed by atoms with Crippen LogP contribution in [0.5, 0.6) is 0 Å². The number of rotatable bonds is 4. The summed E-state index contributed by atoms with van der Waals surface area (Å²) in [5.41, 5.74) is 0.373. The summed E-state index contributed by atoms with van der Waals surface area (Å²) in [6.07, 6.45) is 2.77. The standard InChI is InChI=1S/C11H10ClN3O2/c1-2-17-11(16)8(6-13)7-15-9-4-3-5-14-10(9)12/h3-5,7,15H,2H2,1H3/b8-7+. The Morgan fingerprint density at radius 2 is 2.53 bits per heavy atom. The quantitative estimate of drug-likeness (QED) is 0.384. The Hall–Kier alpha value is -2.06. The van der Waals surface area contributed by atoms with E-state index < -0.39 is 5.97 Å². The van der Waals surface area contributed by atoms with Crippen molar-refractivity contribution in [1.29, 1.82) is 5.26 Å². The molecule has 1 heterocycles. The molecule has 1 rings (SSSR count). The zero-order valence-electron chi connectivity index (χ0n) is 9.11. The molecule has 0 aliphatic carbocycles. The third kappa shape index (κ3) is 3.78. The van der Waals surface area contributed by atoms with E-state index in [1.165, 1.54) is 12.4 Å². The van der Waals surface area contributed by atoms with Gasteiger partial charge < -0.3 is 10.1 Å². The Kier molecular flexibility index (Phi) is 4.98. The zero-order chi connectivity index (χ0) is 12.7. The van der Waals surface area contributed by atoms with Gasteiger partial charge >= 0.3 is 5.97 Å². The lowest BCUT2D eigenvalue weighted by molar-refractivity contribution is -0.138. The number of hydrogen-bond donors (Lipinski definition) is 1. The zero-order valence-corrected chi connectivity index (χ0v) is 9.86. The van der Waals surface area contributed by atoms with Crippen molar-refractivity contribution in [2.45, 2.75) is 6.92 Å². The van der Waals surface area contributed by atoms with Gasteiger partial charge in [-0.2, -0.15) is 5.26 Å². The predicted octanol–water partition coefficient (Wildman–Crippen LogP) is 2.12. The van der Waals surface area contributed by atoms with Crippen LogP contribution in [0, 0.1) is 11.3 Å². The molecule has 0 saturated heterocycles. The topological polar surface area (TPSA) is 75.0 Å². The summed E-state index contributed by atoms with van der Waals surface area (Å²) >= 11 is 5.79. The molecule has 0 fully saturated rings. The van der Waals surface area contributed by atoms with Crippen LogP contribution in [-0.2, 0) is 9.53 Å². The molecule has 6 heteroatoms. The van der Waals surface area contributed by atoms with E-state index in [4.69, 9.17) is 21.6 Å². The minimum atomic E-state index is -0.678. The second-order valence-electron chi connectivity index (χ2n) is 2.88. The average Bonchev–Trinajstić information content (AvgIpc) is 2.32. The number of nitriles is 1. The van der Waals surface area contributed by atoms with Crippen molar-refractivity contribution < 1.29 is 9.53 Å². The van der Waals surface area contributed by atoms with Crippen LogP contribution in [0.15, 0.2) is 30.1 Å². The number of esters is 1. The summed E-state index contributed by atoms with van der Waals surface area (Å²) in [5, 5.41) is 11.7. The van der Waals surface area contributed by atoms with E-state index in [-0.39, 0.29) is 17.3 Å². The maximum atomic E-state index is 11.3. The van der Waals surface area contributed by atoms with E-state index in [0.29, 0.717) is 5.69 Å². The van der Waals surface area contributed by atoms with Gasteiger partial charge in [-0.25, -0.2) is 9.78 Å². The second-order valence-corrected chi connectivity index (χ2v) is 3.23. The third-order valence-corrected chi connectivity index (χ3v) is 2.05. The highest BCUT2D eigenvalue weighted by Crippen LogP contribution is 2.17. The van der Waals surface area contributed by atoms with Gasteiger partial charge in [-0.3, -0.25) is 0 Å². The Balaban J connectivity index is 2.79. The van der Waals surface area contributed by atoms with Gasteiger partial charge in [0.05, 0.1) is 12.3 Å². The molecule has 0 aliphatic heterocycles. The van der Waals surface area contributed by atoms with Crippen molar-refractivity contribution in [3.05, 3.63) is 35.3 Å². The highest BCUT2D eigenvalue weighted by molar-refractivity contribution is 6.32. The number of hydrogen-bond acceptors (Lipinski definition) is 5. The average molecular weight is 252 g/mol. The molecule has 0 unspecified atom stereocenters.